The van der Waals surface area contributed by atoms with Gasteiger partial charge in [0.15, 0.2) is 9.84 Å². The van der Waals surface area contributed by atoms with Gasteiger partial charge in [0.05, 0.1) is 11.0 Å². The molecule has 2 aromatic rings. The molecule has 1 aromatic carbocycles. The summed E-state index contributed by atoms with van der Waals surface area (Å²) in [7, 11) is -3.70. The van der Waals surface area contributed by atoms with Gasteiger partial charge in [0, 0.05) is 30.4 Å². The summed E-state index contributed by atoms with van der Waals surface area (Å²) in [5.74, 6) is 0. The van der Waals surface area contributed by atoms with Gasteiger partial charge in [-0.05, 0) is 36.2 Å². The van der Waals surface area contributed by atoms with Crippen molar-refractivity contribution in [1.29, 1.82) is 0 Å². The van der Waals surface area contributed by atoms with E-state index in [1.165, 1.54) is 18.2 Å². The third-order valence-electron chi connectivity index (χ3n) is 3.41. The lowest BCUT2D eigenvalue weighted by Gasteiger charge is -2.19. The van der Waals surface area contributed by atoms with Gasteiger partial charge in [0.1, 0.15) is 4.90 Å². The number of hydrogen-bond donors (Lipinski definition) is 1. The van der Waals surface area contributed by atoms with Crippen molar-refractivity contribution in [2.75, 3.05) is 11.6 Å². The van der Waals surface area contributed by atoms with Crippen LogP contribution in [0.5, 0.6) is 0 Å². The number of nitrogens with zero attached hydrogens (tertiary/aromatic N) is 2. The highest BCUT2D eigenvalue weighted by atomic mass is 32.2. The number of nitrogens with one attached hydrogen (secondary N) is 1. The molecule has 122 valence electrons. The smallest absolute Gasteiger partial charge is 0.288 e. The zero-order chi connectivity index (χ0) is 17.0. The maximum absolute atomic E-state index is 11.8. The monoisotopic (exact) mass is 335 g/mol. The molecule has 1 atom stereocenters. The topological polar surface area (TPSA) is 102 Å². The highest BCUT2D eigenvalue weighted by molar-refractivity contribution is 7.90. The van der Waals surface area contributed by atoms with E-state index in [2.05, 4.69) is 10.3 Å². The first-order valence-electron chi connectivity index (χ1n) is 6.98. The fourth-order valence-corrected chi connectivity index (χ4v) is 3.13. The average Bonchev–Trinajstić information content (AvgIpc) is 2.52. The molecule has 0 fully saturated rings. The van der Waals surface area contributed by atoms with E-state index in [1.807, 2.05) is 19.1 Å². The molecule has 0 aliphatic rings. The zero-order valence-corrected chi connectivity index (χ0v) is 13.6. The first kappa shape index (κ1) is 16.9. The Morgan fingerprint density at radius 1 is 1.26 bits per heavy atom. The van der Waals surface area contributed by atoms with E-state index in [0.717, 1.165) is 18.2 Å². The van der Waals surface area contributed by atoms with E-state index in [-0.39, 0.29) is 10.9 Å². The maximum Gasteiger partial charge on any atom is 0.288 e. The van der Waals surface area contributed by atoms with Crippen LogP contribution in [0.3, 0.4) is 0 Å². The van der Waals surface area contributed by atoms with Crippen LogP contribution in [0.4, 0.5) is 11.4 Å². The van der Waals surface area contributed by atoms with Crippen molar-refractivity contribution >= 4 is 21.2 Å². The second kappa shape index (κ2) is 6.74. The Bertz CT molecular complexity index is 807. The average molecular weight is 335 g/mol. The fourth-order valence-electron chi connectivity index (χ4n) is 2.27. The molecule has 0 aliphatic heterocycles. The molecule has 1 N–H and O–H groups in total. The first-order chi connectivity index (χ1) is 10.8. The number of nitro benzene ring substituents is 1. The molecular weight excluding hydrogens is 318 g/mol. The number of aromatic nitrogens is 1. The van der Waals surface area contributed by atoms with Gasteiger partial charge in [-0.25, -0.2) is 8.42 Å². The predicted octanol–water partition coefficient (Wildman–Crippen LogP) is 2.96. The van der Waals surface area contributed by atoms with Crippen LogP contribution in [0, 0.1) is 10.1 Å². The number of sulfone groups is 1. The van der Waals surface area contributed by atoms with Crippen LogP contribution in [-0.2, 0) is 9.84 Å². The van der Waals surface area contributed by atoms with Gasteiger partial charge in [-0.15, -0.1) is 0 Å². The SMILES string of the molecule is CCC(Nc1ccc([N+](=O)[O-])c(S(C)(=O)=O)c1)c1ccncc1. The highest BCUT2D eigenvalue weighted by Crippen LogP contribution is 2.29. The molecule has 23 heavy (non-hydrogen) atoms. The normalized spacial score (nSPS) is 12.6. The van der Waals surface area contributed by atoms with Crippen LogP contribution in [0.1, 0.15) is 24.9 Å². The van der Waals surface area contributed by atoms with Crippen molar-refractivity contribution in [1.82, 2.24) is 4.98 Å². The molecule has 0 amide bonds. The number of benzene rings is 1. The number of anilines is 1. The predicted molar refractivity (Wildman–Crippen MR) is 87.1 cm³/mol. The van der Waals surface area contributed by atoms with E-state index in [1.54, 1.807) is 12.4 Å². The molecule has 0 saturated heterocycles. The number of nitro groups is 1. The van der Waals surface area contributed by atoms with Gasteiger partial charge in [0.2, 0.25) is 0 Å². The quantitative estimate of drug-likeness (QED) is 0.643. The lowest BCUT2D eigenvalue weighted by molar-refractivity contribution is -0.387. The minimum absolute atomic E-state index is 0.0492. The lowest BCUT2D eigenvalue weighted by atomic mass is 10.1. The summed E-state index contributed by atoms with van der Waals surface area (Å²) < 4.78 is 23.6. The molecule has 0 spiro atoms. The molecule has 0 radical (unpaired) electrons. The minimum atomic E-state index is -3.70. The van der Waals surface area contributed by atoms with Gasteiger partial charge in [-0.1, -0.05) is 6.92 Å². The Morgan fingerprint density at radius 2 is 1.91 bits per heavy atom. The van der Waals surface area contributed by atoms with E-state index >= 15 is 0 Å². The molecule has 1 heterocycles. The Labute approximate surface area is 134 Å². The Morgan fingerprint density at radius 3 is 2.43 bits per heavy atom. The molecule has 0 bridgehead atoms. The Kier molecular flexibility index (Phi) is 4.95. The van der Waals surface area contributed by atoms with Crippen LogP contribution in [0.25, 0.3) is 0 Å². The van der Waals surface area contributed by atoms with Crippen LogP contribution in [0.2, 0.25) is 0 Å². The molecule has 8 heteroatoms. The van der Waals surface area contributed by atoms with Crippen molar-refractivity contribution in [3.8, 4) is 0 Å². The second-order valence-electron chi connectivity index (χ2n) is 5.10. The minimum Gasteiger partial charge on any atom is -0.378 e. The van der Waals surface area contributed by atoms with Crippen molar-refractivity contribution in [3.05, 3.63) is 58.4 Å². The largest absolute Gasteiger partial charge is 0.378 e. The second-order valence-corrected chi connectivity index (χ2v) is 7.08. The maximum atomic E-state index is 11.8. The molecule has 2 rings (SSSR count). The molecule has 7 nitrogen and oxygen atoms in total. The van der Waals surface area contributed by atoms with Crippen molar-refractivity contribution in [3.63, 3.8) is 0 Å². The highest BCUT2D eigenvalue weighted by Gasteiger charge is 2.23. The number of hydrogen-bond acceptors (Lipinski definition) is 6. The van der Waals surface area contributed by atoms with Gasteiger partial charge >= 0.3 is 0 Å². The molecule has 1 aromatic heterocycles. The Hall–Kier alpha value is -2.48. The molecule has 0 saturated carbocycles. The fraction of sp³-hybridized carbons (Fsp3) is 0.267. The lowest BCUT2D eigenvalue weighted by Crippen LogP contribution is -2.11. The third kappa shape index (κ3) is 4.04. The summed E-state index contributed by atoms with van der Waals surface area (Å²) in [5, 5.41) is 14.2. The third-order valence-corrected chi connectivity index (χ3v) is 4.54. The summed E-state index contributed by atoms with van der Waals surface area (Å²) in [4.78, 5) is 14.0. The standard InChI is InChI=1S/C15H17N3O4S/c1-3-13(11-6-8-16-9-7-11)17-12-4-5-14(18(19)20)15(10-12)23(2,21)22/h4-10,13,17H,3H2,1-2H3. The van der Waals surface area contributed by atoms with Crippen molar-refractivity contribution in [2.24, 2.45) is 0 Å². The van der Waals surface area contributed by atoms with E-state index < -0.39 is 20.4 Å². The van der Waals surface area contributed by atoms with Gasteiger partial charge in [-0.2, -0.15) is 0 Å². The van der Waals surface area contributed by atoms with Crippen LogP contribution in [-0.4, -0.2) is 24.6 Å². The first-order valence-corrected chi connectivity index (χ1v) is 8.87. The summed E-state index contributed by atoms with van der Waals surface area (Å²) >= 11 is 0. The van der Waals surface area contributed by atoms with E-state index in [0.29, 0.717) is 5.69 Å². The molecule has 1 unspecified atom stereocenters. The van der Waals surface area contributed by atoms with Crippen LogP contribution < -0.4 is 5.32 Å². The van der Waals surface area contributed by atoms with Crippen molar-refractivity contribution in [2.45, 2.75) is 24.3 Å². The number of pyridine rings is 1. The van der Waals surface area contributed by atoms with E-state index in [4.69, 9.17) is 0 Å². The number of rotatable bonds is 6. The summed E-state index contributed by atoms with van der Waals surface area (Å²) in [6, 6.07) is 7.70. The summed E-state index contributed by atoms with van der Waals surface area (Å²) in [6.07, 6.45) is 5.07. The molecule has 0 aliphatic carbocycles. The van der Waals surface area contributed by atoms with Crippen molar-refractivity contribution < 1.29 is 13.3 Å². The van der Waals surface area contributed by atoms with Crippen LogP contribution >= 0.6 is 0 Å². The zero-order valence-electron chi connectivity index (χ0n) is 12.8. The summed E-state index contributed by atoms with van der Waals surface area (Å²) in [5.41, 5.74) is 1.09. The van der Waals surface area contributed by atoms with E-state index in [9.17, 15) is 18.5 Å². The van der Waals surface area contributed by atoms with Gasteiger partial charge in [0.25, 0.3) is 5.69 Å². The Balaban J connectivity index is 2.39. The van der Waals surface area contributed by atoms with Gasteiger partial charge < -0.3 is 5.32 Å². The summed E-state index contributed by atoms with van der Waals surface area (Å²) in [6.45, 7) is 1.99. The molecular formula is C15H17N3O4S. The van der Waals surface area contributed by atoms with Crippen LogP contribution in [0.15, 0.2) is 47.6 Å². The van der Waals surface area contributed by atoms with Gasteiger partial charge in [-0.3, -0.25) is 15.1 Å².